The van der Waals surface area contributed by atoms with Gasteiger partial charge >= 0.3 is 0 Å². The lowest BCUT2D eigenvalue weighted by atomic mass is 9.96. The second-order valence-corrected chi connectivity index (χ2v) is 7.03. The predicted octanol–water partition coefficient (Wildman–Crippen LogP) is 2.70. The molecular weight excluding hydrogens is 364 g/mol. The molecule has 0 radical (unpaired) electrons. The molecule has 2 aromatic rings. The molecule has 3 rings (SSSR count). The quantitative estimate of drug-likeness (QED) is 0.717. The van der Waals surface area contributed by atoms with Crippen molar-refractivity contribution in [2.75, 3.05) is 25.0 Å². The topological polar surface area (TPSA) is 74.3 Å². The third kappa shape index (κ3) is 5.69. The molecule has 1 aliphatic heterocycles. The molecule has 7 heteroatoms. The highest BCUT2D eigenvalue weighted by Crippen LogP contribution is 2.20. The first-order chi connectivity index (χ1) is 13.1. The van der Waals surface area contributed by atoms with Crippen LogP contribution in [-0.4, -0.2) is 41.3 Å². The van der Waals surface area contributed by atoms with E-state index in [0.29, 0.717) is 44.0 Å². The minimum Gasteiger partial charge on any atom is -0.382 e. The monoisotopic (exact) mass is 386 g/mol. The number of amides is 2. The van der Waals surface area contributed by atoms with Crippen LogP contribution in [0.15, 0.2) is 48.8 Å². The minimum absolute atomic E-state index is 0.00315. The molecule has 0 spiro atoms. The fourth-order valence-electron chi connectivity index (χ4n) is 3.10. The molecular formula is C20H23ClN4O2. The molecule has 2 heterocycles. The summed E-state index contributed by atoms with van der Waals surface area (Å²) < 4.78 is 0. The zero-order valence-corrected chi connectivity index (χ0v) is 15.8. The maximum absolute atomic E-state index is 12.5. The fraction of sp³-hybridized carbons (Fsp3) is 0.350. The van der Waals surface area contributed by atoms with Gasteiger partial charge in [-0.1, -0.05) is 23.7 Å². The average molecular weight is 387 g/mol. The van der Waals surface area contributed by atoms with Gasteiger partial charge in [0.15, 0.2) is 0 Å². The van der Waals surface area contributed by atoms with Gasteiger partial charge in [0.25, 0.3) is 0 Å². The maximum Gasteiger partial charge on any atom is 0.224 e. The van der Waals surface area contributed by atoms with Gasteiger partial charge in [-0.3, -0.25) is 14.6 Å². The molecule has 1 aliphatic rings. The number of benzene rings is 1. The van der Waals surface area contributed by atoms with E-state index in [-0.39, 0.29) is 17.7 Å². The second kappa shape index (κ2) is 9.37. The number of hydrogen-bond donors (Lipinski definition) is 2. The Balaban J connectivity index is 1.45. The smallest absolute Gasteiger partial charge is 0.224 e. The van der Waals surface area contributed by atoms with Gasteiger partial charge in [-0.05, 0) is 36.2 Å². The number of carbonyl (C=O) groups excluding carboxylic acids is 2. The Morgan fingerprint density at radius 3 is 2.78 bits per heavy atom. The van der Waals surface area contributed by atoms with Crippen LogP contribution in [0.3, 0.4) is 0 Å². The SMILES string of the molecule is O=C(NCCNc1cccnc1)[C@@H]1CCC(=O)N(Cc2ccc(Cl)cc2)C1. The van der Waals surface area contributed by atoms with E-state index in [9.17, 15) is 9.59 Å². The van der Waals surface area contributed by atoms with Gasteiger partial charge in [0.05, 0.1) is 11.6 Å². The Labute approximate surface area is 163 Å². The minimum atomic E-state index is -0.173. The Morgan fingerprint density at radius 1 is 1.22 bits per heavy atom. The summed E-state index contributed by atoms with van der Waals surface area (Å²) in [4.78, 5) is 30.4. The van der Waals surface area contributed by atoms with Crippen molar-refractivity contribution < 1.29 is 9.59 Å². The van der Waals surface area contributed by atoms with Crippen molar-refractivity contribution in [1.82, 2.24) is 15.2 Å². The number of pyridine rings is 1. The van der Waals surface area contributed by atoms with E-state index >= 15 is 0 Å². The molecule has 2 N–H and O–H groups in total. The molecule has 142 valence electrons. The van der Waals surface area contributed by atoms with Crippen LogP contribution < -0.4 is 10.6 Å². The number of rotatable bonds is 7. The normalized spacial score (nSPS) is 16.9. The van der Waals surface area contributed by atoms with Crippen molar-refractivity contribution in [2.24, 2.45) is 5.92 Å². The van der Waals surface area contributed by atoms with Crippen LogP contribution >= 0.6 is 11.6 Å². The lowest BCUT2D eigenvalue weighted by Gasteiger charge is -2.32. The third-order valence-electron chi connectivity index (χ3n) is 4.57. The first-order valence-corrected chi connectivity index (χ1v) is 9.43. The lowest BCUT2D eigenvalue weighted by molar-refractivity contribution is -0.138. The molecule has 0 aliphatic carbocycles. The average Bonchev–Trinajstić information content (AvgIpc) is 2.69. The standard InChI is InChI=1S/C20H23ClN4O2/c21-17-6-3-15(4-7-17)13-25-14-16(5-8-19(25)26)20(27)24-11-10-23-18-2-1-9-22-12-18/h1-4,6-7,9,12,16,23H,5,8,10-11,13-14H2,(H,24,27)/t16-/m1/s1. The van der Waals surface area contributed by atoms with Crippen molar-refractivity contribution in [1.29, 1.82) is 0 Å². The molecule has 1 aromatic heterocycles. The van der Waals surface area contributed by atoms with Crippen LogP contribution in [0.2, 0.25) is 5.02 Å². The van der Waals surface area contributed by atoms with Gasteiger partial charge in [0.2, 0.25) is 11.8 Å². The number of aromatic nitrogens is 1. The number of nitrogens with one attached hydrogen (secondary N) is 2. The van der Waals surface area contributed by atoms with E-state index in [2.05, 4.69) is 15.6 Å². The highest BCUT2D eigenvalue weighted by atomic mass is 35.5. The van der Waals surface area contributed by atoms with Crippen LogP contribution in [0.5, 0.6) is 0 Å². The molecule has 1 atom stereocenters. The second-order valence-electron chi connectivity index (χ2n) is 6.60. The Hall–Kier alpha value is -2.60. The van der Waals surface area contributed by atoms with Crippen LogP contribution in [0.25, 0.3) is 0 Å². The number of piperidine rings is 1. The zero-order chi connectivity index (χ0) is 19.1. The summed E-state index contributed by atoms with van der Waals surface area (Å²) in [5, 5.41) is 6.82. The van der Waals surface area contributed by atoms with E-state index < -0.39 is 0 Å². The van der Waals surface area contributed by atoms with Crippen molar-refractivity contribution in [3.05, 3.63) is 59.4 Å². The van der Waals surface area contributed by atoms with Gasteiger partial charge < -0.3 is 15.5 Å². The van der Waals surface area contributed by atoms with Gasteiger partial charge in [0.1, 0.15) is 0 Å². The molecule has 1 aromatic carbocycles. The zero-order valence-electron chi connectivity index (χ0n) is 15.0. The van der Waals surface area contributed by atoms with Crippen LogP contribution in [-0.2, 0) is 16.1 Å². The van der Waals surface area contributed by atoms with Crippen molar-refractivity contribution >= 4 is 29.1 Å². The van der Waals surface area contributed by atoms with E-state index in [1.807, 2.05) is 36.4 Å². The Morgan fingerprint density at radius 2 is 2.04 bits per heavy atom. The number of halogens is 1. The number of anilines is 1. The predicted molar refractivity (Wildman–Crippen MR) is 105 cm³/mol. The maximum atomic E-state index is 12.5. The molecule has 1 saturated heterocycles. The van der Waals surface area contributed by atoms with Crippen molar-refractivity contribution in [3.63, 3.8) is 0 Å². The molecule has 27 heavy (non-hydrogen) atoms. The van der Waals surface area contributed by atoms with E-state index in [1.165, 1.54) is 0 Å². The fourth-order valence-corrected chi connectivity index (χ4v) is 3.22. The van der Waals surface area contributed by atoms with E-state index in [1.54, 1.807) is 17.3 Å². The highest BCUT2D eigenvalue weighted by Gasteiger charge is 2.29. The molecule has 0 unspecified atom stereocenters. The summed E-state index contributed by atoms with van der Waals surface area (Å²) in [5.74, 6) is -0.0859. The molecule has 1 fully saturated rings. The van der Waals surface area contributed by atoms with Crippen molar-refractivity contribution in [2.45, 2.75) is 19.4 Å². The van der Waals surface area contributed by atoms with Gasteiger partial charge in [-0.2, -0.15) is 0 Å². The summed E-state index contributed by atoms with van der Waals surface area (Å²) in [5.41, 5.74) is 1.93. The van der Waals surface area contributed by atoms with Gasteiger partial charge in [-0.25, -0.2) is 0 Å². The highest BCUT2D eigenvalue weighted by molar-refractivity contribution is 6.30. The molecule has 0 saturated carbocycles. The number of carbonyl (C=O) groups is 2. The Bertz CT molecular complexity index is 767. The van der Waals surface area contributed by atoms with Crippen LogP contribution in [0.4, 0.5) is 5.69 Å². The summed E-state index contributed by atoms with van der Waals surface area (Å²) in [6.07, 6.45) is 4.45. The van der Waals surface area contributed by atoms with Crippen LogP contribution in [0, 0.1) is 5.92 Å². The summed E-state index contributed by atoms with van der Waals surface area (Å²) >= 11 is 5.91. The largest absolute Gasteiger partial charge is 0.382 e. The first-order valence-electron chi connectivity index (χ1n) is 9.05. The Kier molecular flexibility index (Phi) is 6.65. The third-order valence-corrected chi connectivity index (χ3v) is 4.82. The number of hydrogen-bond acceptors (Lipinski definition) is 4. The van der Waals surface area contributed by atoms with Gasteiger partial charge in [-0.15, -0.1) is 0 Å². The number of likely N-dealkylation sites (tertiary alicyclic amines) is 1. The van der Waals surface area contributed by atoms with Crippen molar-refractivity contribution in [3.8, 4) is 0 Å². The summed E-state index contributed by atoms with van der Waals surface area (Å²) in [6, 6.07) is 11.2. The summed E-state index contributed by atoms with van der Waals surface area (Å²) in [6.45, 7) is 2.10. The molecule has 6 nitrogen and oxygen atoms in total. The lowest BCUT2D eigenvalue weighted by Crippen LogP contribution is -2.46. The summed E-state index contributed by atoms with van der Waals surface area (Å²) in [7, 11) is 0. The molecule has 0 bridgehead atoms. The molecule has 2 amide bonds. The van der Waals surface area contributed by atoms with Gasteiger partial charge in [0, 0.05) is 50.0 Å². The number of nitrogens with zero attached hydrogens (tertiary/aromatic N) is 2. The van der Waals surface area contributed by atoms with Crippen LogP contribution in [0.1, 0.15) is 18.4 Å². The van der Waals surface area contributed by atoms with E-state index in [0.717, 1.165) is 11.3 Å². The van der Waals surface area contributed by atoms with E-state index in [4.69, 9.17) is 11.6 Å². The first kappa shape index (κ1) is 19.2.